The van der Waals surface area contributed by atoms with E-state index in [9.17, 15) is 4.79 Å². The van der Waals surface area contributed by atoms with Gasteiger partial charge < -0.3 is 5.32 Å². The van der Waals surface area contributed by atoms with E-state index < -0.39 is 0 Å². The Hall–Kier alpha value is 0.160. The van der Waals surface area contributed by atoms with Gasteiger partial charge in [-0.15, -0.1) is 0 Å². The van der Waals surface area contributed by atoms with Crippen LogP contribution in [0, 0.1) is 0 Å². The first kappa shape index (κ1) is 6.28. The number of amides is 1. The fraction of sp³-hybridized carbons (Fsp3) is 0.750. The second-order valence-electron chi connectivity index (χ2n) is 1.74. The van der Waals surface area contributed by atoms with E-state index >= 15 is 0 Å². The maximum absolute atomic E-state index is 10.6. The second kappa shape index (κ2) is 2.63. The van der Waals surface area contributed by atoms with E-state index in [1.807, 2.05) is 22.9 Å². The Morgan fingerprint density at radius 3 is 2.88 bits per heavy atom. The molecule has 1 saturated heterocycles. The average molecular weight is 226 g/mol. The molecule has 2 N–H and O–H groups in total. The Morgan fingerprint density at radius 1 is 1.88 bits per heavy atom. The SMILES string of the molecule is O=C1NCC[C@H]1NI. The van der Waals surface area contributed by atoms with Gasteiger partial charge >= 0.3 is 0 Å². The van der Waals surface area contributed by atoms with Gasteiger partial charge in [0.15, 0.2) is 0 Å². The molecule has 0 radical (unpaired) electrons. The third kappa shape index (κ3) is 1.11. The summed E-state index contributed by atoms with van der Waals surface area (Å²) >= 11 is 1.99. The first-order chi connectivity index (χ1) is 3.84. The smallest absolute Gasteiger partial charge is 0.237 e. The molecule has 3 nitrogen and oxygen atoms in total. The third-order valence-electron chi connectivity index (χ3n) is 1.18. The molecule has 1 aliphatic rings. The molecule has 1 rings (SSSR count). The molecule has 1 aliphatic heterocycles. The highest BCUT2D eigenvalue weighted by molar-refractivity contribution is 14.1. The van der Waals surface area contributed by atoms with Crippen LogP contribution < -0.4 is 8.85 Å². The number of rotatable bonds is 1. The lowest BCUT2D eigenvalue weighted by Gasteiger charge is -1.98. The molecule has 8 heavy (non-hydrogen) atoms. The zero-order valence-electron chi connectivity index (χ0n) is 4.28. The van der Waals surface area contributed by atoms with Gasteiger partial charge in [-0.3, -0.25) is 4.79 Å². The van der Waals surface area contributed by atoms with Gasteiger partial charge in [0.1, 0.15) is 0 Å². The molecule has 1 fully saturated rings. The molecule has 0 aromatic heterocycles. The van der Waals surface area contributed by atoms with Crippen molar-refractivity contribution in [1.29, 1.82) is 0 Å². The summed E-state index contributed by atoms with van der Waals surface area (Å²) in [7, 11) is 0. The molecular formula is C4H7IN2O. The summed E-state index contributed by atoms with van der Waals surface area (Å²) in [6.45, 7) is 0.819. The molecule has 0 bridgehead atoms. The van der Waals surface area contributed by atoms with Crippen molar-refractivity contribution in [3.63, 3.8) is 0 Å². The topological polar surface area (TPSA) is 41.1 Å². The molecule has 0 spiro atoms. The van der Waals surface area contributed by atoms with Gasteiger partial charge in [-0.25, -0.2) is 3.53 Å². The van der Waals surface area contributed by atoms with Crippen LogP contribution in [0.3, 0.4) is 0 Å². The van der Waals surface area contributed by atoms with E-state index in [1.54, 1.807) is 0 Å². The Balaban J connectivity index is 2.42. The van der Waals surface area contributed by atoms with Gasteiger partial charge in [-0.1, -0.05) is 0 Å². The number of carbonyl (C=O) groups excluding carboxylic acids is 1. The number of halogens is 1. The van der Waals surface area contributed by atoms with Crippen LogP contribution in [-0.2, 0) is 4.79 Å². The van der Waals surface area contributed by atoms with Gasteiger partial charge in [-0.2, -0.15) is 0 Å². The van der Waals surface area contributed by atoms with Crippen LogP contribution in [-0.4, -0.2) is 18.5 Å². The van der Waals surface area contributed by atoms with Crippen molar-refractivity contribution in [2.24, 2.45) is 0 Å². The lowest BCUT2D eigenvalue weighted by molar-refractivity contribution is -0.120. The quantitative estimate of drug-likeness (QED) is 0.480. The van der Waals surface area contributed by atoms with Gasteiger partial charge in [0.2, 0.25) is 5.91 Å². The van der Waals surface area contributed by atoms with Crippen LogP contribution in [0.1, 0.15) is 6.42 Å². The molecule has 46 valence electrons. The fourth-order valence-electron chi connectivity index (χ4n) is 0.698. The predicted molar refractivity (Wildman–Crippen MR) is 38.6 cm³/mol. The van der Waals surface area contributed by atoms with Gasteiger partial charge in [0.25, 0.3) is 0 Å². The maximum Gasteiger partial charge on any atom is 0.237 e. The predicted octanol–water partition coefficient (Wildman–Crippen LogP) is -0.186. The minimum absolute atomic E-state index is 0.0515. The van der Waals surface area contributed by atoms with Gasteiger partial charge in [0, 0.05) is 29.4 Å². The molecule has 0 saturated carbocycles. The first-order valence-corrected chi connectivity index (χ1v) is 3.56. The Morgan fingerprint density at radius 2 is 2.62 bits per heavy atom. The van der Waals surface area contributed by atoms with Crippen LogP contribution in [0.2, 0.25) is 0 Å². The zero-order chi connectivity index (χ0) is 5.98. The van der Waals surface area contributed by atoms with E-state index in [0.29, 0.717) is 0 Å². The summed E-state index contributed by atoms with van der Waals surface area (Å²) < 4.78 is 2.87. The Bertz CT molecular complexity index is 106. The Kier molecular flexibility index (Phi) is 2.07. The van der Waals surface area contributed by atoms with Crippen LogP contribution >= 0.6 is 22.9 Å². The highest BCUT2D eigenvalue weighted by Gasteiger charge is 2.21. The molecule has 0 aliphatic carbocycles. The van der Waals surface area contributed by atoms with Crippen LogP contribution in [0.5, 0.6) is 0 Å². The average Bonchev–Trinajstić information content (AvgIpc) is 2.14. The number of hydrogen-bond acceptors (Lipinski definition) is 2. The summed E-state index contributed by atoms with van der Waals surface area (Å²) in [5.41, 5.74) is 0. The van der Waals surface area contributed by atoms with Crippen molar-refractivity contribution in [2.75, 3.05) is 6.54 Å². The first-order valence-electron chi connectivity index (χ1n) is 2.48. The molecule has 4 heteroatoms. The van der Waals surface area contributed by atoms with Gasteiger partial charge in [0.05, 0.1) is 6.04 Å². The molecule has 0 aromatic rings. The molecule has 1 atom stereocenters. The minimum Gasteiger partial charge on any atom is -0.355 e. The van der Waals surface area contributed by atoms with Crippen LogP contribution in [0.15, 0.2) is 0 Å². The summed E-state index contributed by atoms with van der Waals surface area (Å²) in [4.78, 5) is 10.6. The minimum atomic E-state index is 0.0515. The third-order valence-corrected chi connectivity index (χ3v) is 1.93. The lowest BCUT2D eigenvalue weighted by atomic mass is 10.3. The second-order valence-corrected chi connectivity index (χ2v) is 2.36. The van der Waals surface area contributed by atoms with E-state index in [2.05, 4.69) is 8.85 Å². The van der Waals surface area contributed by atoms with E-state index in [0.717, 1.165) is 13.0 Å². The molecule has 0 aromatic carbocycles. The summed E-state index contributed by atoms with van der Waals surface area (Å²) in [6.07, 6.45) is 0.918. The zero-order valence-corrected chi connectivity index (χ0v) is 6.44. The normalized spacial score (nSPS) is 28.1. The fourth-order valence-corrected chi connectivity index (χ4v) is 1.29. The van der Waals surface area contributed by atoms with Crippen molar-refractivity contribution >= 4 is 28.8 Å². The van der Waals surface area contributed by atoms with E-state index in [4.69, 9.17) is 0 Å². The lowest BCUT2D eigenvalue weighted by Crippen LogP contribution is -2.29. The largest absolute Gasteiger partial charge is 0.355 e. The monoisotopic (exact) mass is 226 g/mol. The van der Waals surface area contributed by atoms with Crippen molar-refractivity contribution in [3.05, 3.63) is 0 Å². The summed E-state index contributed by atoms with van der Waals surface area (Å²) in [5.74, 6) is 0.124. The van der Waals surface area contributed by atoms with Crippen molar-refractivity contribution in [1.82, 2.24) is 8.85 Å². The molecular weight excluding hydrogens is 219 g/mol. The molecule has 1 amide bonds. The van der Waals surface area contributed by atoms with Gasteiger partial charge in [-0.05, 0) is 6.42 Å². The van der Waals surface area contributed by atoms with E-state index in [-0.39, 0.29) is 11.9 Å². The molecule has 1 heterocycles. The summed E-state index contributed by atoms with van der Waals surface area (Å²) in [5, 5.41) is 2.71. The summed E-state index contributed by atoms with van der Waals surface area (Å²) in [6, 6.07) is 0.0515. The number of nitrogens with one attached hydrogen (secondary N) is 2. The van der Waals surface area contributed by atoms with Crippen LogP contribution in [0.25, 0.3) is 0 Å². The maximum atomic E-state index is 10.6. The molecule has 0 unspecified atom stereocenters. The van der Waals surface area contributed by atoms with E-state index in [1.165, 1.54) is 0 Å². The highest BCUT2D eigenvalue weighted by atomic mass is 127. The standard InChI is InChI=1S/C4H7IN2O/c5-7-3-1-2-6-4(3)8/h3,7H,1-2H2,(H,6,8)/t3-/m1/s1. The van der Waals surface area contributed by atoms with Crippen molar-refractivity contribution in [2.45, 2.75) is 12.5 Å². The Labute approximate surface area is 61.7 Å². The highest BCUT2D eigenvalue weighted by Crippen LogP contribution is 1.99. The van der Waals surface area contributed by atoms with Crippen molar-refractivity contribution < 1.29 is 4.79 Å². The number of carbonyl (C=O) groups is 1. The van der Waals surface area contributed by atoms with Crippen molar-refractivity contribution in [3.8, 4) is 0 Å². The number of hydrogen-bond donors (Lipinski definition) is 2. The van der Waals surface area contributed by atoms with Crippen LogP contribution in [0.4, 0.5) is 0 Å².